The van der Waals surface area contributed by atoms with Crippen molar-refractivity contribution in [1.29, 1.82) is 0 Å². The predicted octanol–water partition coefficient (Wildman–Crippen LogP) is -0.0653. The molecule has 7 nitrogen and oxygen atoms in total. The summed E-state index contributed by atoms with van der Waals surface area (Å²) in [5.41, 5.74) is -0.0278. The number of ether oxygens (including phenoxy) is 2. The molecule has 1 aromatic heterocycles. The van der Waals surface area contributed by atoms with E-state index in [1.807, 2.05) is 4.68 Å². The first-order valence-electron chi connectivity index (χ1n) is 6.31. The topological polar surface area (TPSA) is 74.1 Å². The summed E-state index contributed by atoms with van der Waals surface area (Å²) in [4.78, 5) is 0. The van der Waals surface area contributed by atoms with Gasteiger partial charge in [-0.25, -0.2) is 4.68 Å². The second-order valence-electron chi connectivity index (χ2n) is 4.79. The highest BCUT2D eigenvalue weighted by Gasteiger charge is 2.32. The number of rotatable bonds is 6. The molecule has 0 bridgehead atoms. The molecule has 1 fully saturated rings. The van der Waals surface area contributed by atoms with E-state index in [2.05, 4.69) is 27.8 Å². The van der Waals surface area contributed by atoms with E-state index in [-0.39, 0.29) is 5.54 Å². The van der Waals surface area contributed by atoms with Gasteiger partial charge in [0.1, 0.15) is 0 Å². The molecule has 0 saturated carbocycles. The second kappa shape index (κ2) is 6.21. The smallest absolute Gasteiger partial charge is 0.165 e. The molecule has 7 heteroatoms. The Hall–Kier alpha value is -1.05. The first-order valence-corrected chi connectivity index (χ1v) is 6.31. The molecule has 0 unspecified atom stereocenters. The van der Waals surface area contributed by atoms with Gasteiger partial charge in [-0.1, -0.05) is 0 Å². The molecule has 0 spiro atoms. The van der Waals surface area contributed by atoms with Gasteiger partial charge < -0.3 is 14.8 Å². The summed E-state index contributed by atoms with van der Waals surface area (Å²) in [6, 6.07) is 0. The van der Waals surface area contributed by atoms with Crippen LogP contribution in [0.2, 0.25) is 0 Å². The van der Waals surface area contributed by atoms with Crippen LogP contribution < -0.4 is 5.32 Å². The van der Waals surface area contributed by atoms with Crippen molar-refractivity contribution in [3.8, 4) is 0 Å². The van der Waals surface area contributed by atoms with Crippen LogP contribution in [0.1, 0.15) is 25.6 Å². The minimum absolute atomic E-state index is 0.0278. The molecule has 2 heterocycles. The summed E-state index contributed by atoms with van der Waals surface area (Å²) in [5.74, 6) is 0.871. The van der Waals surface area contributed by atoms with E-state index in [0.29, 0.717) is 13.2 Å². The van der Waals surface area contributed by atoms with E-state index in [1.54, 1.807) is 7.11 Å². The normalized spacial score (nSPS) is 19.0. The summed E-state index contributed by atoms with van der Waals surface area (Å²) in [6.07, 6.45) is 1.90. The van der Waals surface area contributed by atoms with Crippen LogP contribution in [0.15, 0.2) is 0 Å². The van der Waals surface area contributed by atoms with Crippen LogP contribution in [0.4, 0.5) is 0 Å². The Morgan fingerprint density at radius 2 is 2.22 bits per heavy atom. The van der Waals surface area contributed by atoms with Crippen LogP contribution in [-0.2, 0) is 21.6 Å². The van der Waals surface area contributed by atoms with Crippen molar-refractivity contribution < 1.29 is 9.47 Å². The van der Waals surface area contributed by atoms with Crippen LogP contribution in [0, 0.1) is 0 Å². The third-order valence-corrected chi connectivity index (χ3v) is 3.38. The van der Waals surface area contributed by atoms with Crippen LogP contribution in [-0.4, -0.2) is 53.7 Å². The number of aromatic nitrogens is 4. The molecule has 1 aliphatic heterocycles. The quantitative estimate of drug-likeness (QED) is 0.718. The van der Waals surface area contributed by atoms with Crippen molar-refractivity contribution >= 4 is 0 Å². The van der Waals surface area contributed by atoms with Gasteiger partial charge in [-0.2, -0.15) is 0 Å². The molecular formula is C11H21N5O2. The summed E-state index contributed by atoms with van der Waals surface area (Å²) >= 11 is 0. The molecule has 0 aromatic carbocycles. The van der Waals surface area contributed by atoms with Gasteiger partial charge in [-0.3, -0.25) is 0 Å². The Morgan fingerprint density at radius 1 is 1.44 bits per heavy atom. The highest BCUT2D eigenvalue weighted by Crippen LogP contribution is 2.28. The van der Waals surface area contributed by atoms with Crippen LogP contribution in [0.5, 0.6) is 0 Å². The molecule has 1 aromatic rings. The lowest BCUT2D eigenvalue weighted by molar-refractivity contribution is 0.0217. The summed E-state index contributed by atoms with van der Waals surface area (Å²) in [7, 11) is 1.69. The van der Waals surface area contributed by atoms with Crippen molar-refractivity contribution in [2.75, 3.05) is 33.5 Å². The third-order valence-electron chi connectivity index (χ3n) is 3.38. The van der Waals surface area contributed by atoms with E-state index in [1.165, 1.54) is 0 Å². The van der Waals surface area contributed by atoms with Crippen molar-refractivity contribution in [2.45, 2.75) is 31.8 Å². The van der Waals surface area contributed by atoms with Gasteiger partial charge in [0.2, 0.25) is 0 Å². The van der Waals surface area contributed by atoms with E-state index < -0.39 is 0 Å². The fraction of sp³-hybridized carbons (Fsp3) is 0.909. The van der Waals surface area contributed by atoms with Crippen molar-refractivity contribution in [3.63, 3.8) is 0 Å². The van der Waals surface area contributed by atoms with E-state index in [0.717, 1.165) is 38.4 Å². The number of methoxy groups -OCH3 is 1. The molecule has 1 aliphatic rings. The first-order chi connectivity index (χ1) is 8.76. The zero-order chi connectivity index (χ0) is 12.8. The second-order valence-corrected chi connectivity index (χ2v) is 4.79. The molecule has 18 heavy (non-hydrogen) atoms. The van der Waals surface area contributed by atoms with Crippen LogP contribution in [0.25, 0.3) is 0 Å². The van der Waals surface area contributed by atoms with Gasteiger partial charge in [-0.05, 0) is 30.2 Å². The van der Waals surface area contributed by atoms with Gasteiger partial charge in [0.15, 0.2) is 5.82 Å². The fourth-order valence-electron chi connectivity index (χ4n) is 2.13. The maximum Gasteiger partial charge on any atom is 0.165 e. The number of hydrogen-bond donors (Lipinski definition) is 1. The van der Waals surface area contributed by atoms with Gasteiger partial charge in [0, 0.05) is 26.9 Å². The Morgan fingerprint density at radius 3 is 2.94 bits per heavy atom. The Kier molecular flexibility index (Phi) is 4.62. The van der Waals surface area contributed by atoms with Gasteiger partial charge >= 0.3 is 0 Å². The van der Waals surface area contributed by atoms with Crippen LogP contribution in [0.3, 0.4) is 0 Å². The lowest BCUT2D eigenvalue weighted by Gasteiger charge is -2.33. The largest absolute Gasteiger partial charge is 0.383 e. The lowest BCUT2D eigenvalue weighted by atomic mass is 9.92. The Bertz CT molecular complexity index is 362. The summed E-state index contributed by atoms with van der Waals surface area (Å²) < 4.78 is 12.3. The van der Waals surface area contributed by atoms with Crippen molar-refractivity contribution in [2.24, 2.45) is 0 Å². The minimum Gasteiger partial charge on any atom is -0.383 e. The lowest BCUT2D eigenvalue weighted by Crippen LogP contribution is -2.39. The zero-order valence-corrected chi connectivity index (χ0v) is 11.1. The molecule has 0 aliphatic carbocycles. The molecule has 102 valence electrons. The maximum atomic E-state index is 5.40. The maximum absolute atomic E-state index is 5.40. The van der Waals surface area contributed by atoms with E-state index >= 15 is 0 Å². The molecule has 1 N–H and O–H groups in total. The Balaban J connectivity index is 1.98. The van der Waals surface area contributed by atoms with Gasteiger partial charge in [-0.15, -0.1) is 5.10 Å². The zero-order valence-electron chi connectivity index (χ0n) is 11.1. The number of tetrazole rings is 1. The Labute approximate surface area is 107 Å². The fourth-order valence-corrected chi connectivity index (χ4v) is 2.13. The van der Waals surface area contributed by atoms with Gasteiger partial charge in [0.25, 0.3) is 0 Å². The minimum atomic E-state index is -0.0278. The monoisotopic (exact) mass is 255 g/mol. The number of nitrogens with one attached hydrogen (secondary N) is 1. The molecule has 0 amide bonds. The van der Waals surface area contributed by atoms with Crippen molar-refractivity contribution in [1.82, 2.24) is 25.5 Å². The SMILES string of the molecule is COCCNCc1nnnn1C1(C)CCOCC1. The standard InChI is InChI=1S/C11H21N5O2/c1-11(3-6-18-7-4-11)16-10(13-14-15-16)9-12-5-8-17-2/h12H,3-9H2,1-2H3. The summed E-state index contributed by atoms with van der Waals surface area (Å²) in [6.45, 7) is 5.87. The first kappa shape index (κ1) is 13.4. The van der Waals surface area contributed by atoms with Gasteiger partial charge in [0.05, 0.1) is 18.7 Å². The predicted molar refractivity (Wildman–Crippen MR) is 65.1 cm³/mol. The molecule has 1 saturated heterocycles. The van der Waals surface area contributed by atoms with Crippen molar-refractivity contribution in [3.05, 3.63) is 5.82 Å². The average molecular weight is 255 g/mol. The molecule has 0 atom stereocenters. The van der Waals surface area contributed by atoms with E-state index in [4.69, 9.17) is 9.47 Å². The summed E-state index contributed by atoms with van der Waals surface area (Å²) in [5, 5.41) is 15.3. The van der Waals surface area contributed by atoms with E-state index in [9.17, 15) is 0 Å². The number of nitrogens with zero attached hydrogens (tertiary/aromatic N) is 4. The highest BCUT2D eigenvalue weighted by molar-refractivity contribution is 4.91. The molecule has 2 rings (SSSR count). The van der Waals surface area contributed by atoms with Crippen LogP contribution >= 0.6 is 0 Å². The third kappa shape index (κ3) is 3.04. The highest BCUT2D eigenvalue weighted by atomic mass is 16.5. The molecular weight excluding hydrogens is 234 g/mol. The number of hydrogen-bond acceptors (Lipinski definition) is 6. The average Bonchev–Trinajstić information content (AvgIpc) is 2.85. The molecule has 0 radical (unpaired) electrons.